The molecule has 2 aromatic heterocycles. The van der Waals surface area contributed by atoms with Crippen LogP contribution in [-0.2, 0) is 6.54 Å². The molecule has 3 rings (SSSR count). The largest absolute Gasteiger partial charge is 0.396 e. The summed E-state index contributed by atoms with van der Waals surface area (Å²) >= 11 is 0. The molecule has 5 heteroatoms. The lowest BCUT2D eigenvalue weighted by molar-refractivity contribution is 0.280. The molecule has 0 atom stereocenters. The van der Waals surface area contributed by atoms with E-state index in [0.717, 1.165) is 29.8 Å². The number of aryl methyl sites for hydroxylation is 2. The minimum absolute atomic E-state index is 0.205. The minimum atomic E-state index is 0.205. The molecule has 0 saturated heterocycles. The molecule has 0 radical (unpaired) electrons. The lowest BCUT2D eigenvalue weighted by Gasteiger charge is -2.17. The summed E-state index contributed by atoms with van der Waals surface area (Å²) < 4.78 is 2.21. The molecule has 0 bridgehead atoms. The first kappa shape index (κ1) is 16.2. The van der Waals surface area contributed by atoms with E-state index in [0.29, 0.717) is 6.04 Å². The number of nitrogens with zero attached hydrogens (tertiary/aromatic N) is 3. The molecule has 0 aromatic carbocycles. The van der Waals surface area contributed by atoms with E-state index in [2.05, 4.69) is 33.7 Å². The lowest BCUT2D eigenvalue weighted by atomic mass is 10.1. The van der Waals surface area contributed by atoms with Gasteiger partial charge >= 0.3 is 0 Å². The Morgan fingerprint density at radius 3 is 2.61 bits per heavy atom. The van der Waals surface area contributed by atoms with Crippen LogP contribution in [0.3, 0.4) is 0 Å². The summed E-state index contributed by atoms with van der Waals surface area (Å²) in [6.07, 6.45) is 10.2. The highest BCUT2D eigenvalue weighted by molar-refractivity contribution is 5.92. The van der Waals surface area contributed by atoms with Gasteiger partial charge in [0.1, 0.15) is 17.8 Å². The maximum Gasteiger partial charge on any atom is 0.145 e. The van der Waals surface area contributed by atoms with Crippen LogP contribution in [0.4, 0.5) is 5.82 Å². The van der Waals surface area contributed by atoms with Crippen molar-refractivity contribution < 1.29 is 5.11 Å². The molecular weight excluding hydrogens is 288 g/mol. The highest BCUT2D eigenvalue weighted by atomic mass is 16.3. The van der Waals surface area contributed by atoms with E-state index in [-0.39, 0.29) is 6.61 Å². The summed E-state index contributed by atoms with van der Waals surface area (Å²) in [5.74, 6) is 0.977. The van der Waals surface area contributed by atoms with E-state index in [4.69, 9.17) is 5.11 Å². The van der Waals surface area contributed by atoms with Crippen LogP contribution in [0.2, 0.25) is 0 Å². The number of aliphatic hydroxyl groups excluding tert-OH is 1. The van der Waals surface area contributed by atoms with Crippen molar-refractivity contribution in [2.45, 2.75) is 71.4 Å². The zero-order chi connectivity index (χ0) is 16.2. The summed E-state index contributed by atoms with van der Waals surface area (Å²) in [7, 11) is 0. The highest BCUT2D eigenvalue weighted by Crippen LogP contribution is 2.30. The second kappa shape index (κ2) is 7.30. The average Bonchev–Trinajstić information content (AvgIpc) is 2.74. The fourth-order valence-electron chi connectivity index (χ4n) is 3.70. The second-order valence-electron chi connectivity index (χ2n) is 6.69. The van der Waals surface area contributed by atoms with Crippen molar-refractivity contribution in [1.82, 2.24) is 14.5 Å². The number of hydrogen-bond donors (Lipinski definition) is 2. The van der Waals surface area contributed by atoms with Gasteiger partial charge < -0.3 is 15.0 Å². The van der Waals surface area contributed by atoms with Crippen LogP contribution in [0.5, 0.6) is 0 Å². The molecule has 126 valence electrons. The number of hydrogen-bond acceptors (Lipinski definition) is 4. The SMILES string of the molecule is Cc1c(C)n(CCCO)c2ncnc(NC3CCCCCC3)c12. The first-order valence-corrected chi connectivity index (χ1v) is 8.90. The van der Waals surface area contributed by atoms with Crippen LogP contribution in [0.15, 0.2) is 6.33 Å². The van der Waals surface area contributed by atoms with Crippen LogP contribution in [-0.4, -0.2) is 32.3 Å². The van der Waals surface area contributed by atoms with Gasteiger partial charge in [-0.15, -0.1) is 0 Å². The van der Waals surface area contributed by atoms with E-state index in [1.165, 1.54) is 49.8 Å². The Kier molecular flexibility index (Phi) is 5.16. The third-order valence-corrected chi connectivity index (χ3v) is 5.14. The summed E-state index contributed by atoms with van der Waals surface area (Å²) in [5.41, 5.74) is 3.45. The van der Waals surface area contributed by atoms with Crippen molar-refractivity contribution in [3.63, 3.8) is 0 Å². The molecule has 0 unspecified atom stereocenters. The van der Waals surface area contributed by atoms with Crippen molar-refractivity contribution in [3.05, 3.63) is 17.6 Å². The topological polar surface area (TPSA) is 63.0 Å². The van der Waals surface area contributed by atoms with E-state index < -0.39 is 0 Å². The van der Waals surface area contributed by atoms with Crippen molar-refractivity contribution in [2.75, 3.05) is 11.9 Å². The molecular formula is C18H28N4O. The number of anilines is 1. The predicted octanol–water partition coefficient (Wildman–Crippen LogP) is 3.57. The quantitative estimate of drug-likeness (QED) is 0.828. The Morgan fingerprint density at radius 2 is 1.91 bits per heavy atom. The number of nitrogens with one attached hydrogen (secondary N) is 1. The van der Waals surface area contributed by atoms with Crippen LogP contribution >= 0.6 is 0 Å². The van der Waals surface area contributed by atoms with Gasteiger partial charge in [-0.3, -0.25) is 0 Å². The molecule has 2 N–H and O–H groups in total. The molecule has 2 aromatic rings. The molecule has 1 aliphatic carbocycles. The van der Waals surface area contributed by atoms with Gasteiger partial charge in [0.15, 0.2) is 0 Å². The molecule has 23 heavy (non-hydrogen) atoms. The Labute approximate surface area is 138 Å². The first-order chi connectivity index (χ1) is 11.2. The Balaban J connectivity index is 1.94. The summed E-state index contributed by atoms with van der Waals surface area (Å²) in [6.45, 7) is 5.28. The van der Waals surface area contributed by atoms with Crippen molar-refractivity contribution >= 4 is 16.9 Å². The fourth-order valence-corrected chi connectivity index (χ4v) is 3.70. The normalized spacial score (nSPS) is 16.7. The number of fused-ring (bicyclic) bond motifs is 1. The maximum atomic E-state index is 9.14. The number of rotatable bonds is 5. The predicted molar refractivity (Wildman–Crippen MR) is 93.8 cm³/mol. The van der Waals surface area contributed by atoms with Crippen LogP contribution in [0, 0.1) is 13.8 Å². The van der Waals surface area contributed by atoms with Gasteiger partial charge in [0, 0.05) is 24.9 Å². The van der Waals surface area contributed by atoms with Gasteiger partial charge in [0.2, 0.25) is 0 Å². The van der Waals surface area contributed by atoms with Gasteiger partial charge in [0.05, 0.1) is 5.39 Å². The van der Waals surface area contributed by atoms with Crippen LogP contribution in [0.1, 0.15) is 56.2 Å². The van der Waals surface area contributed by atoms with Crippen molar-refractivity contribution in [2.24, 2.45) is 0 Å². The standard InChI is InChI=1S/C18H28N4O/c1-13-14(2)22(10-7-11-23)18-16(13)17(19-12-20-18)21-15-8-5-3-4-6-9-15/h12,15,23H,3-11H2,1-2H3,(H,19,20,21). The molecule has 1 aliphatic rings. The monoisotopic (exact) mass is 316 g/mol. The minimum Gasteiger partial charge on any atom is -0.396 e. The third-order valence-electron chi connectivity index (χ3n) is 5.14. The molecule has 0 amide bonds. The van der Waals surface area contributed by atoms with E-state index >= 15 is 0 Å². The Morgan fingerprint density at radius 1 is 1.17 bits per heavy atom. The van der Waals surface area contributed by atoms with Crippen LogP contribution < -0.4 is 5.32 Å². The van der Waals surface area contributed by atoms with E-state index in [1.54, 1.807) is 6.33 Å². The van der Waals surface area contributed by atoms with Crippen LogP contribution in [0.25, 0.3) is 11.0 Å². The summed E-state index contributed by atoms with van der Waals surface area (Å²) in [6, 6.07) is 0.524. The van der Waals surface area contributed by atoms with Crippen molar-refractivity contribution in [3.8, 4) is 0 Å². The molecule has 5 nitrogen and oxygen atoms in total. The lowest BCUT2D eigenvalue weighted by Crippen LogP contribution is -2.19. The second-order valence-corrected chi connectivity index (χ2v) is 6.69. The zero-order valence-electron chi connectivity index (χ0n) is 14.3. The number of aromatic nitrogens is 3. The average molecular weight is 316 g/mol. The van der Waals surface area contributed by atoms with Gasteiger partial charge in [-0.2, -0.15) is 0 Å². The molecule has 0 spiro atoms. The summed E-state index contributed by atoms with van der Waals surface area (Å²) in [4.78, 5) is 9.06. The highest BCUT2D eigenvalue weighted by Gasteiger charge is 2.19. The first-order valence-electron chi connectivity index (χ1n) is 8.90. The van der Waals surface area contributed by atoms with Gasteiger partial charge in [-0.25, -0.2) is 9.97 Å². The van der Waals surface area contributed by atoms with Crippen molar-refractivity contribution in [1.29, 1.82) is 0 Å². The Hall–Kier alpha value is -1.62. The zero-order valence-corrected chi connectivity index (χ0v) is 14.3. The Bertz CT molecular complexity index is 657. The molecule has 2 heterocycles. The molecule has 1 fully saturated rings. The third kappa shape index (κ3) is 3.34. The summed E-state index contributed by atoms with van der Waals surface area (Å²) in [5, 5.41) is 14.0. The fraction of sp³-hybridized carbons (Fsp3) is 0.667. The molecule has 1 saturated carbocycles. The van der Waals surface area contributed by atoms with Gasteiger partial charge in [-0.1, -0.05) is 25.7 Å². The van der Waals surface area contributed by atoms with Gasteiger partial charge in [-0.05, 0) is 38.7 Å². The number of aliphatic hydroxyl groups is 1. The maximum absolute atomic E-state index is 9.14. The molecule has 0 aliphatic heterocycles. The van der Waals surface area contributed by atoms with E-state index in [9.17, 15) is 0 Å². The van der Waals surface area contributed by atoms with Gasteiger partial charge in [0.25, 0.3) is 0 Å². The smallest absolute Gasteiger partial charge is 0.145 e. The van der Waals surface area contributed by atoms with E-state index in [1.807, 2.05) is 0 Å².